The van der Waals surface area contributed by atoms with Gasteiger partial charge >= 0.3 is 12.0 Å². The fourth-order valence-electron chi connectivity index (χ4n) is 1.49. The Balaban J connectivity index is 1.85. The van der Waals surface area contributed by atoms with Gasteiger partial charge in [-0.25, -0.2) is 14.6 Å². The summed E-state index contributed by atoms with van der Waals surface area (Å²) in [6.07, 6.45) is 1.55. The Bertz CT molecular complexity index is 631. The molecule has 0 saturated heterocycles. The van der Waals surface area contributed by atoms with Crippen molar-refractivity contribution in [3.05, 3.63) is 40.1 Å². The highest BCUT2D eigenvalue weighted by molar-refractivity contribution is 7.09. The van der Waals surface area contributed by atoms with E-state index < -0.39 is 5.97 Å². The number of carboxylic acid groups (broad SMARTS) is 1. The zero-order valence-electron chi connectivity index (χ0n) is 11.1. The minimum Gasteiger partial charge on any atom is -0.476 e. The maximum atomic E-state index is 11.7. The first-order chi connectivity index (χ1) is 10.1. The lowest BCUT2D eigenvalue weighted by Crippen LogP contribution is -2.36. The molecule has 2 aromatic heterocycles. The van der Waals surface area contributed by atoms with Crippen LogP contribution in [0.15, 0.2) is 23.7 Å². The van der Waals surface area contributed by atoms with Gasteiger partial charge in [-0.15, -0.1) is 11.3 Å². The molecule has 21 heavy (non-hydrogen) atoms. The molecule has 110 valence electrons. The number of aromatic nitrogens is 3. The molecule has 2 heterocycles. The van der Waals surface area contributed by atoms with Crippen molar-refractivity contribution >= 4 is 23.3 Å². The maximum Gasteiger partial charge on any atom is 0.355 e. The van der Waals surface area contributed by atoms with E-state index in [1.807, 2.05) is 0 Å². The smallest absolute Gasteiger partial charge is 0.355 e. The van der Waals surface area contributed by atoms with Gasteiger partial charge in [-0.1, -0.05) is 0 Å². The van der Waals surface area contributed by atoms with Gasteiger partial charge in [0.2, 0.25) is 0 Å². The molecule has 0 aliphatic carbocycles. The summed E-state index contributed by atoms with van der Waals surface area (Å²) in [5.74, 6) is -1.09. The number of amides is 2. The summed E-state index contributed by atoms with van der Waals surface area (Å²) in [6, 6.07) is 2.70. The number of nitrogens with zero attached hydrogens (tertiary/aromatic N) is 3. The molecule has 0 fully saturated rings. The number of urea groups is 1. The molecule has 9 heteroatoms. The van der Waals surface area contributed by atoms with Gasteiger partial charge in [-0.3, -0.25) is 0 Å². The van der Waals surface area contributed by atoms with Crippen LogP contribution in [-0.4, -0.2) is 32.3 Å². The Morgan fingerprint density at radius 1 is 1.48 bits per heavy atom. The fourth-order valence-corrected chi connectivity index (χ4v) is 2.29. The number of carbonyl (C=O) groups excluding carboxylic acids is 1. The van der Waals surface area contributed by atoms with Crippen molar-refractivity contribution in [2.45, 2.75) is 19.5 Å². The number of carbonyl (C=O) groups is 2. The van der Waals surface area contributed by atoms with Gasteiger partial charge in [-0.2, -0.15) is 10.2 Å². The normalized spacial score (nSPS) is 11.7. The highest BCUT2D eigenvalue weighted by Gasteiger charge is 2.15. The summed E-state index contributed by atoms with van der Waals surface area (Å²) in [4.78, 5) is 26.4. The van der Waals surface area contributed by atoms with Crippen LogP contribution in [-0.2, 0) is 6.54 Å². The first-order valence-corrected chi connectivity index (χ1v) is 6.94. The predicted octanol–water partition coefficient (Wildman–Crippen LogP) is 1.19. The van der Waals surface area contributed by atoms with E-state index in [4.69, 9.17) is 5.11 Å². The lowest BCUT2D eigenvalue weighted by molar-refractivity contribution is 0.0691. The number of rotatable bonds is 5. The lowest BCUT2D eigenvalue weighted by atomic mass is 10.3. The molecule has 0 spiro atoms. The molecular formula is C12H13N5O3S. The van der Waals surface area contributed by atoms with Gasteiger partial charge in [0, 0.05) is 11.6 Å². The van der Waals surface area contributed by atoms with Crippen LogP contribution in [0.25, 0.3) is 0 Å². The van der Waals surface area contributed by atoms with E-state index >= 15 is 0 Å². The monoisotopic (exact) mass is 307 g/mol. The van der Waals surface area contributed by atoms with Gasteiger partial charge in [0.25, 0.3) is 0 Å². The van der Waals surface area contributed by atoms with Gasteiger partial charge in [0.15, 0.2) is 5.69 Å². The van der Waals surface area contributed by atoms with Crippen molar-refractivity contribution in [1.29, 1.82) is 0 Å². The Kier molecular flexibility index (Phi) is 4.77. The molecule has 1 unspecified atom stereocenters. The first-order valence-electron chi connectivity index (χ1n) is 6.06. The zero-order valence-corrected chi connectivity index (χ0v) is 11.9. The quantitative estimate of drug-likeness (QED) is 0.764. The van der Waals surface area contributed by atoms with Crippen molar-refractivity contribution < 1.29 is 14.7 Å². The third-order valence-electron chi connectivity index (χ3n) is 2.52. The van der Waals surface area contributed by atoms with Crippen LogP contribution < -0.4 is 10.6 Å². The van der Waals surface area contributed by atoms with E-state index in [2.05, 4.69) is 25.8 Å². The molecule has 0 aromatic carbocycles. The Morgan fingerprint density at radius 3 is 2.90 bits per heavy atom. The largest absolute Gasteiger partial charge is 0.476 e. The number of thiazole rings is 1. The van der Waals surface area contributed by atoms with Gasteiger partial charge in [0.1, 0.15) is 5.01 Å². The van der Waals surface area contributed by atoms with Crippen LogP contribution in [0.4, 0.5) is 4.79 Å². The molecule has 1 atom stereocenters. The summed E-state index contributed by atoms with van der Waals surface area (Å²) in [7, 11) is 0. The first kappa shape index (κ1) is 14.9. The molecule has 2 rings (SSSR count). The number of hydrogen-bond acceptors (Lipinski definition) is 6. The van der Waals surface area contributed by atoms with Crippen molar-refractivity contribution in [2.24, 2.45) is 0 Å². The van der Waals surface area contributed by atoms with Crippen LogP contribution in [0, 0.1) is 0 Å². The zero-order chi connectivity index (χ0) is 15.2. The van der Waals surface area contributed by atoms with E-state index in [1.54, 1.807) is 25.3 Å². The summed E-state index contributed by atoms with van der Waals surface area (Å²) in [5, 5.41) is 23.6. The van der Waals surface area contributed by atoms with Gasteiger partial charge < -0.3 is 15.7 Å². The summed E-state index contributed by atoms with van der Waals surface area (Å²) in [6.45, 7) is 1.98. The van der Waals surface area contributed by atoms with Crippen LogP contribution in [0.5, 0.6) is 0 Å². The van der Waals surface area contributed by atoms with E-state index in [-0.39, 0.29) is 24.3 Å². The summed E-state index contributed by atoms with van der Waals surface area (Å²) in [5.41, 5.74) is 0.617. The van der Waals surface area contributed by atoms with Crippen LogP contribution >= 0.6 is 11.3 Å². The van der Waals surface area contributed by atoms with Crippen LogP contribution in [0.1, 0.15) is 34.2 Å². The molecule has 8 nitrogen and oxygen atoms in total. The van der Waals surface area contributed by atoms with Gasteiger partial charge in [0.05, 0.1) is 18.3 Å². The minimum absolute atomic E-state index is 0.0244. The van der Waals surface area contributed by atoms with Gasteiger partial charge in [-0.05, 0) is 19.1 Å². The summed E-state index contributed by atoms with van der Waals surface area (Å²) >= 11 is 1.19. The second kappa shape index (κ2) is 6.75. The standard InChI is InChI=1S/C12H13N5O3S/c1-7(10-16-9(6-21-10)11(18)19)15-12(20)13-5-8-3-2-4-14-17-8/h2-4,6-7H,5H2,1H3,(H,18,19)(H2,13,15,20). The third-order valence-corrected chi connectivity index (χ3v) is 3.54. The fraction of sp³-hybridized carbons (Fsp3) is 0.250. The molecular weight excluding hydrogens is 294 g/mol. The number of nitrogens with one attached hydrogen (secondary N) is 2. The predicted molar refractivity (Wildman–Crippen MR) is 74.9 cm³/mol. The molecule has 0 radical (unpaired) electrons. The highest BCUT2D eigenvalue weighted by atomic mass is 32.1. The molecule has 0 saturated carbocycles. The van der Waals surface area contributed by atoms with E-state index in [1.165, 1.54) is 16.7 Å². The van der Waals surface area contributed by atoms with Crippen LogP contribution in [0.2, 0.25) is 0 Å². The molecule has 0 bridgehead atoms. The second-order valence-electron chi connectivity index (χ2n) is 4.14. The van der Waals surface area contributed by atoms with E-state index in [9.17, 15) is 9.59 Å². The van der Waals surface area contributed by atoms with Crippen LogP contribution in [0.3, 0.4) is 0 Å². The molecule has 2 amide bonds. The average Bonchev–Trinajstić information content (AvgIpc) is 2.96. The average molecular weight is 307 g/mol. The van der Waals surface area contributed by atoms with E-state index in [0.717, 1.165) is 0 Å². The summed E-state index contributed by atoms with van der Waals surface area (Å²) < 4.78 is 0. The van der Waals surface area contributed by atoms with Crippen molar-refractivity contribution in [1.82, 2.24) is 25.8 Å². The highest BCUT2D eigenvalue weighted by Crippen LogP contribution is 2.17. The molecule has 2 aromatic rings. The Labute approximate surface area is 124 Å². The SMILES string of the molecule is CC(NC(=O)NCc1cccnn1)c1nc(C(=O)O)cs1. The van der Waals surface area contributed by atoms with Crippen molar-refractivity contribution in [3.8, 4) is 0 Å². The van der Waals surface area contributed by atoms with E-state index in [0.29, 0.717) is 10.7 Å². The minimum atomic E-state index is -1.09. The molecule has 0 aliphatic rings. The third kappa shape index (κ3) is 4.21. The topological polar surface area (TPSA) is 117 Å². The second-order valence-corrected chi connectivity index (χ2v) is 5.03. The van der Waals surface area contributed by atoms with Crippen molar-refractivity contribution in [2.75, 3.05) is 0 Å². The molecule has 0 aliphatic heterocycles. The van der Waals surface area contributed by atoms with Crippen molar-refractivity contribution in [3.63, 3.8) is 0 Å². The number of hydrogen-bond donors (Lipinski definition) is 3. The number of carboxylic acids is 1. The Morgan fingerprint density at radius 2 is 2.29 bits per heavy atom. The Hall–Kier alpha value is -2.55. The molecule has 3 N–H and O–H groups in total. The lowest BCUT2D eigenvalue weighted by Gasteiger charge is -2.11. The number of aromatic carboxylic acids is 1. The maximum absolute atomic E-state index is 11.7.